The summed E-state index contributed by atoms with van der Waals surface area (Å²) in [4.78, 5) is 0. The molecule has 0 bridgehead atoms. The van der Waals surface area contributed by atoms with Gasteiger partial charge in [0.1, 0.15) is 0 Å². The molecule has 0 aromatic heterocycles. The van der Waals surface area contributed by atoms with E-state index in [-0.39, 0.29) is 0 Å². The van der Waals surface area contributed by atoms with Crippen molar-refractivity contribution >= 4 is 0 Å². The number of rotatable bonds is 4. The lowest BCUT2D eigenvalue weighted by Gasteiger charge is -2.06. The van der Waals surface area contributed by atoms with Gasteiger partial charge in [0.25, 0.3) is 0 Å². The van der Waals surface area contributed by atoms with Crippen molar-refractivity contribution in [1.29, 1.82) is 0 Å². The van der Waals surface area contributed by atoms with E-state index in [2.05, 4.69) is 33.4 Å². The maximum absolute atomic E-state index is 5.49. The summed E-state index contributed by atoms with van der Waals surface area (Å²) in [6.07, 6.45) is 4.29. The van der Waals surface area contributed by atoms with Crippen molar-refractivity contribution in [3.8, 4) is 0 Å². The normalized spacial score (nSPS) is 14.6. The molecular formula is C10H19N. The van der Waals surface area contributed by atoms with Gasteiger partial charge in [-0.3, -0.25) is 0 Å². The Balaban J connectivity index is 3.85. The Morgan fingerprint density at radius 3 is 2.55 bits per heavy atom. The largest absolute Gasteiger partial charge is 0.402 e. The molecule has 0 aromatic rings. The van der Waals surface area contributed by atoms with Gasteiger partial charge < -0.3 is 5.73 Å². The average molecular weight is 153 g/mol. The standard InChI is InChI=1S/C10H19N/c1-5-8(2)6-9(3)7-10(4)11/h6,9H,4-5,7,11H2,1-3H3/b8-6-. The van der Waals surface area contributed by atoms with E-state index in [4.69, 9.17) is 5.73 Å². The maximum Gasteiger partial charge on any atom is 0.00132 e. The van der Waals surface area contributed by atoms with Crippen LogP contribution in [0.15, 0.2) is 23.9 Å². The molecule has 0 aliphatic heterocycles. The molecule has 1 heteroatoms. The fourth-order valence-electron chi connectivity index (χ4n) is 1.08. The second-order valence-electron chi connectivity index (χ2n) is 3.21. The quantitative estimate of drug-likeness (QED) is 0.617. The predicted molar refractivity (Wildman–Crippen MR) is 51.2 cm³/mol. The van der Waals surface area contributed by atoms with Crippen molar-refractivity contribution < 1.29 is 0 Å². The first-order chi connectivity index (χ1) is 5.06. The molecule has 64 valence electrons. The van der Waals surface area contributed by atoms with Crippen LogP contribution in [0.25, 0.3) is 0 Å². The zero-order valence-corrected chi connectivity index (χ0v) is 7.85. The Morgan fingerprint density at radius 2 is 2.18 bits per heavy atom. The van der Waals surface area contributed by atoms with E-state index >= 15 is 0 Å². The van der Waals surface area contributed by atoms with E-state index in [9.17, 15) is 0 Å². The molecule has 2 N–H and O–H groups in total. The van der Waals surface area contributed by atoms with E-state index in [0.29, 0.717) is 5.92 Å². The SMILES string of the molecule is C=C(N)CC(C)/C=C(/C)CC. The van der Waals surface area contributed by atoms with Crippen LogP contribution in [0.1, 0.15) is 33.6 Å². The lowest BCUT2D eigenvalue weighted by molar-refractivity contribution is 0.703. The molecule has 0 fully saturated rings. The minimum absolute atomic E-state index is 0.535. The molecule has 0 rings (SSSR count). The van der Waals surface area contributed by atoms with E-state index in [1.54, 1.807) is 0 Å². The third-order valence-corrected chi connectivity index (χ3v) is 1.71. The van der Waals surface area contributed by atoms with E-state index < -0.39 is 0 Å². The first-order valence-electron chi connectivity index (χ1n) is 4.16. The lowest BCUT2D eigenvalue weighted by Crippen LogP contribution is -2.00. The Kier molecular flexibility index (Phi) is 4.67. The van der Waals surface area contributed by atoms with Gasteiger partial charge in [0.15, 0.2) is 0 Å². The first-order valence-corrected chi connectivity index (χ1v) is 4.16. The number of nitrogens with two attached hydrogens (primary N) is 1. The van der Waals surface area contributed by atoms with Crippen molar-refractivity contribution in [2.45, 2.75) is 33.6 Å². The Morgan fingerprint density at radius 1 is 1.64 bits per heavy atom. The third kappa shape index (κ3) is 5.71. The highest BCUT2D eigenvalue weighted by molar-refractivity contribution is 5.02. The molecule has 0 saturated heterocycles. The van der Waals surface area contributed by atoms with Gasteiger partial charge in [-0.1, -0.05) is 32.1 Å². The van der Waals surface area contributed by atoms with Crippen LogP contribution >= 0.6 is 0 Å². The molecule has 0 aliphatic carbocycles. The zero-order valence-electron chi connectivity index (χ0n) is 7.85. The van der Waals surface area contributed by atoms with Gasteiger partial charge in [0, 0.05) is 5.70 Å². The molecule has 0 aromatic carbocycles. The van der Waals surface area contributed by atoms with Gasteiger partial charge in [0.05, 0.1) is 0 Å². The Labute approximate surface area is 70.0 Å². The second-order valence-corrected chi connectivity index (χ2v) is 3.21. The number of hydrogen-bond donors (Lipinski definition) is 1. The highest BCUT2D eigenvalue weighted by Gasteiger charge is 1.98. The average Bonchev–Trinajstić information content (AvgIpc) is 1.85. The van der Waals surface area contributed by atoms with Crippen LogP contribution in [0, 0.1) is 5.92 Å². The minimum Gasteiger partial charge on any atom is -0.402 e. The van der Waals surface area contributed by atoms with Crippen molar-refractivity contribution in [2.24, 2.45) is 11.7 Å². The van der Waals surface area contributed by atoms with Gasteiger partial charge in [-0.25, -0.2) is 0 Å². The fourth-order valence-corrected chi connectivity index (χ4v) is 1.08. The highest BCUT2D eigenvalue weighted by atomic mass is 14.6. The summed E-state index contributed by atoms with van der Waals surface area (Å²) >= 11 is 0. The summed E-state index contributed by atoms with van der Waals surface area (Å²) in [5.41, 5.74) is 7.69. The van der Waals surface area contributed by atoms with Crippen LogP contribution in [0.3, 0.4) is 0 Å². The van der Waals surface area contributed by atoms with Crippen LogP contribution in [0.5, 0.6) is 0 Å². The highest BCUT2D eigenvalue weighted by Crippen LogP contribution is 2.11. The molecule has 0 saturated carbocycles. The number of hydrogen-bond acceptors (Lipinski definition) is 1. The minimum atomic E-state index is 0.535. The Hall–Kier alpha value is -0.720. The Bertz CT molecular complexity index is 156. The van der Waals surface area contributed by atoms with E-state index in [0.717, 1.165) is 18.5 Å². The molecular weight excluding hydrogens is 134 g/mol. The molecule has 0 aliphatic rings. The summed E-state index contributed by atoms with van der Waals surface area (Å²) in [5, 5.41) is 0. The van der Waals surface area contributed by atoms with Gasteiger partial charge in [-0.05, 0) is 25.7 Å². The van der Waals surface area contributed by atoms with Crippen molar-refractivity contribution in [2.75, 3.05) is 0 Å². The van der Waals surface area contributed by atoms with Gasteiger partial charge in [-0.15, -0.1) is 0 Å². The topological polar surface area (TPSA) is 26.0 Å². The zero-order chi connectivity index (χ0) is 8.85. The first kappa shape index (κ1) is 10.3. The smallest absolute Gasteiger partial charge is 0.00132 e. The van der Waals surface area contributed by atoms with Gasteiger partial charge >= 0.3 is 0 Å². The molecule has 0 heterocycles. The second kappa shape index (κ2) is 5.00. The summed E-state index contributed by atoms with van der Waals surface area (Å²) in [5.74, 6) is 0.535. The lowest BCUT2D eigenvalue weighted by atomic mass is 10.0. The monoisotopic (exact) mass is 153 g/mol. The van der Waals surface area contributed by atoms with Crippen LogP contribution in [-0.2, 0) is 0 Å². The van der Waals surface area contributed by atoms with E-state index in [1.165, 1.54) is 5.57 Å². The van der Waals surface area contributed by atoms with Crippen LogP contribution in [-0.4, -0.2) is 0 Å². The molecule has 1 atom stereocenters. The van der Waals surface area contributed by atoms with Crippen LogP contribution in [0.4, 0.5) is 0 Å². The fraction of sp³-hybridized carbons (Fsp3) is 0.600. The third-order valence-electron chi connectivity index (χ3n) is 1.71. The maximum atomic E-state index is 5.49. The summed E-state index contributed by atoms with van der Waals surface area (Å²) in [6, 6.07) is 0. The molecule has 0 spiro atoms. The van der Waals surface area contributed by atoms with Crippen molar-refractivity contribution in [3.05, 3.63) is 23.9 Å². The summed E-state index contributed by atoms with van der Waals surface area (Å²) in [6.45, 7) is 10.2. The van der Waals surface area contributed by atoms with E-state index in [1.807, 2.05) is 0 Å². The summed E-state index contributed by atoms with van der Waals surface area (Å²) in [7, 11) is 0. The number of allylic oxidation sites excluding steroid dienone is 3. The molecule has 0 radical (unpaired) electrons. The van der Waals surface area contributed by atoms with Crippen molar-refractivity contribution in [1.82, 2.24) is 0 Å². The van der Waals surface area contributed by atoms with Crippen LogP contribution in [0.2, 0.25) is 0 Å². The van der Waals surface area contributed by atoms with Gasteiger partial charge in [-0.2, -0.15) is 0 Å². The molecule has 1 nitrogen and oxygen atoms in total. The van der Waals surface area contributed by atoms with Crippen LogP contribution < -0.4 is 5.73 Å². The summed E-state index contributed by atoms with van der Waals surface area (Å²) < 4.78 is 0. The molecule has 1 unspecified atom stereocenters. The van der Waals surface area contributed by atoms with Gasteiger partial charge in [0.2, 0.25) is 0 Å². The predicted octanol–water partition coefficient (Wildman–Crippen LogP) is 2.84. The van der Waals surface area contributed by atoms with Crippen molar-refractivity contribution in [3.63, 3.8) is 0 Å². The molecule has 11 heavy (non-hydrogen) atoms. The molecule has 0 amide bonds.